The van der Waals surface area contributed by atoms with Gasteiger partial charge in [-0.15, -0.1) is 4.73 Å². The third-order valence-corrected chi connectivity index (χ3v) is 1.81. The smallest absolute Gasteiger partial charge is 0.349 e. The lowest BCUT2D eigenvalue weighted by Gasteiger charge is -2.11. The summed E-state index contributed by atoms with van der Waals surface area (Å²) in [5.74, 6) is -0.566. The van der Waals surface area contributed by atoms with E-state index < -0.39 is 12.0 Å². The molecule has 0 aliphatic carbocycles. The van der Waals surface area contributed by atoms with Gasteiger partial charge in [-0.1, -0.05) is 0 Å². The number of likely N-dealkylation sites (N-methyl/N-ethyl adjacent to an activating group) is 1. The fourth-order valence-electron chi connectivity index (χ4n) is 0.814. The standard InChI is InChI=1S/C8H13N3O3/c1-5(10-2)8(13)14-11-6(9)3-4-7(11)12/h3-5,10,12H,9H2,1-2H3. The lowest BCUT2D eigenvalue weighted by atomic mass is 10.4. The summed E-state index contributed by atoms with van der Waals surface area (Å²) >= 11 is 0. The van der Waals surface area contributed by atoms with E-state index in [-0.39, 0.29) is 11.7 Å². The molecular formula is C8H13N3O3. The molecule has 1 unspecified atom stereocenters. The number of rotatable bonds is 3. The maximum Gasteiger partial charge on any atom is 0.349 e. The van der Waals surface area contributed by atoms with Crippen molar-refractivity contribution < 1.29 is 14.7 Å². The number of hydrogen-bond donors (Lipinski definition) is 3. The van der Waals surface area contributed by atoms with Crippen LogP contribution in [0, 0.1) is 0 Å². The number of nitrogen functional groups attached to an aromatic ring is 1. The third kappa shape index (κ3) is 1.97. The van der Waals surface area contributed by atoms with Crippen LogP contribution in [0.5, 0.6) is 5.88 Å². The lowest BCUT2D eigenvalue weighted by molar-refractivity contribution is -0.146. The first-order valence-corrected chi connectivity index (χ1v) is 4.12. The van der Waals surface area contributed by atoms with Crippen LogP contribution in [-0.2, 0) is 4.79 Å². The molecule has 6 nitrogen and oxygen atoms in total. The van der Waals surface area contributed by atoms with Crippen LogP contribution in [0.25, 0.3) is 0 Å². The zero-order chi connectivity index (χ0) is 10.7. The summed E-state index contributed by atoms with van der Waals surface area (Å²) in [4.78, 5) is 16.1. The van der Waals surface area contributed by atoms with Crippen molar-refractivity contribution in [2.75, 3.05) is 12.8 Å². The number of aromatic nitrogens is 1. The summed E-state index contributed by atoms with van der Waals surface area (Å²) in [5.41, 5.74) is 5.44. The predicted molar refractivity (Wildman–Crippen MR) is 50.6 cm³/mol. The summed E-state index contributed by atoms with van der Waals surface area (Å²) in [6, 6.07) is 2.32. The molecule has 0 aliphatic heterocycles. The minimum absolute atomic E-state index is 0.166. The number of nitrogens with one attached hydrogen (secondary N) is 1. The number of anilines is 1. The summed E-state index contributed by atoms with van der Waals surface area (Å²) < 4.78 is 0.871. The van der Waals surface area contributed by atoms with E-state index >= 15 is 0 Å². The van der Waals surface area contributed by atoms with E-state index in [1.54, 1.807) is 14.0 Å². The Labute approximate surface area is 81.2 Å². The number of carbonyl (C=O) groups excluding carboxylic acids is 1. The third-order valence-electron chi connectivity index (χ3n) is 1.81. The summed E-state index contributed by atoms with van der Waals surface area (Å²) in [7, 11) is 1.63. The molecule has 1 aromatic rings. The van der Waals surface area contributed by atoms with E-state index in [1.165, 1.54) is 12.1 Å². The average Bonchev–Trinajstić information content (AvgIpc) is 2.48. The van der Waals surface area contributed by atoms with Crippen LogP contribution >= 0.6 is 0 Å². The molecule has 4 N–H and O–H groups in total. The highest BCUT2D eigenvalue weighted by Gasteiger charge is 2.15. The first-order valence-electron chi connectivity index (χ1n) is 4.12. The molecule has 14 heavy (non-hydrogen) atoms. The van der Waals surface area contributed by atoms with E-state index in [0.717, 1.165) is 4.73 Å². The van der Waals surface area contributed by atoms with Gasteiger partial charge in [-0.3, -0.25) is 0 Å². The minimum atomic E-state index is -0.522. The molecule has 0 bridgehead atoms. The summed E-state index contributed by atoms with van der Waals surface area (Å²) in [6.45, 7) is 1.64. The molecule has 6 heteroatoms. The lowest BCUT2D eigenvalue weighted by Crippen LogP contribution is -2.37. The Morgan fingerprint density at radius 2 is 2.36 bits per heavy atom. The van der Waals surface area contributed by atoms with Crippen molar-refractivity contribution in [1.82, 2.24) is 10.0 Å². The van der Waals surface area contributed by atoms with E-state index in [4.69, 9.17) is 10.6 Å². The van der Waals surface area contributed by atoms with Crippen LogP contribution in [0.2, 0.25) is 0 Å². The van der Waals surface area contributed by atoms with Crippen LogP contribution in [-0.4, -0.2) is 28.9 Å². The number of aromatic hydroxyl groups is 1. The summed E-state index contributed by atoms with van der Waals surface area (Å²) in [5, 5.41) is 11.9. The molecule has 0 saturated carbocycles. The predicted octanol–water partition coefficient (Wildman–Crippen LogP) is -0.661. The molecule has 1 heterocycles. The van der Waals surface area contributed by atoms with Crippen LogP contribution in [0.15, 0.2) is 12.1 Å². The van der Waals surface area contributed by atoms with Gasteiger partial charge in [0.1, 0.15) is 11.9 Å². The number of nitrogens with two attached hydrogens (primary N) is 1. The minimum Gasteiger partial charge on any atom is -0.492 e. The highest BCUT2D eigenvalue weighted by molar-refractivity contribution is 5.75. The zero-order valence-corrected chi connectivity index (χ0v) is 8.02. The molecule has 0 radical (unpaired) electrons. The van der Waals surface area contributed by atoms with Gasteiger partial charge in [0, 0.05) is 6.07 Å². The molecule has 0 spiro atoms. The van der Waals surface area contributed by atoms with Crippen molar-refractivity contribution in [3.05, 3.63) is 12.1 Å². The van der Waals surface area contributed by atoms with Gasteiger partial charge in [0.2, 0.25) is 5.88 Å². The van der Waals surface area contributed by atoms with E-state index in [0.29, 0.717) is 0 Å². The quantitative estimate of drug-likeness (QED) is 0.601. The van der Waals surface area contributed by atoms with Gasteiger partial charge in [-0.25, -0.2) is 4.79 Å². The molecule has 78 valence electrons. The average molecular weight is 199 g/mol. The molecule has 0 aliphatic rings. The Balaban J connectivity index is 2.74. The van der Waals surface area contributed by atoms with Gasteiger partial charge in [0.05, 0.1) is 0 Å². The molecule has 0 aromatic carbocycles. The van der Waals surface area contributed by atoms with Crippen molar-refractivity contribution in [1.29, 1.82) is 0 Å². The Bertz CT molecular complexity index is 315. The fraction of sp³-hybridized carbons (Fsp3) is 0.375. The Hall–Kier alpha value is -1.69. The van der Waals surface area contributed by atoms with Crippen molar-refractivity contribution in [3.8, 4) is 5.88 Å². The topological polar surface area (TPSA) is 89.5 Å². The number of hydrogen-bond acceptors (Lipinski definition) is 5. The Morgan fingerprint density at radius 3 is 2.79 bits per heavy atom. The van der Waals surface area contributed by atoms with E-state index in [9.17, 15) is 9.90 Å². The molecule has 1 rings (SSSR count). The van der Waals surface area contributed by atoms with Gasteiger partial charge < -0.3 is 21.0 Å². The molecule has 1 atom stereocenters. The first-order chi connectivity index (χ1) is 6.56. The maximum atomic E-state index is 11.3. The van der Waals surface area contributed by atoms with Gasteiger partial charge in [-0.2, -0.15) is 0 Å². The molecule has 0 amide bonds. The molecular weight excluding hydrogens is 186 g/mol. The maximum absolute atomic E-state index is 11.3. The second kappa shape index (κ2) is 4.01. The Kier molecular flexibility index (Phi) is 2.98. The van der Waals surface area contributed by atoms with Crippen LogP contribution in [0.3, 0.4) is 0 Å². The van der Waals surface area contributed by atoms with Crippen molar-refractivity contribution in [3.63, 3.8) is 0 Å². The highest BCUT2D eigenvalue weighted by atomic mass is 16.7. The first kappa shape index (κ1) is 10.4. The highest BCUT2D eigenvalue weighted by Crippen LogP contribution is 2.14. The van der Waals surface area contributed by atoms with Crippen molar-refractivity contribution >= 4 is 11.8 Å². The Morgan fingerprint density at radius 1 is 1.71 bits per heavy atom. The van der Waals surface area contributed by atoms with Crippen LogP contribution in [0.4, 0.5) is 5.82 Å². The van der Waals surface area contributed by atoms with E-state index in [2.05, 4.69) is 5.32 Å². The SMILES string of the molecule is CNC(C)C(=O)On1c(N)ccc1O. The van der Waals surface area contributed by atoms with Gasteiger partial charge in [0.15, 0.2) is 0 Å². The second-order valence-corrected chi connectivity index (χ2v) is 2.83. The van der Waals surface area contributed by atoms with Crippen LogP contribution < -0.4 is 15.9 Å². The molecule has 0 fully saturated rings. The van der Waals surface area contributed by atoms with Crippen LogP contribution in [0.1, 0.15) is 6.92 Å². The van der Waals surface area contributed by atoms with Crippen molar-refractivity contribution in [2.24, 2.45) is 0 Å². The summed E-state index contributed by atoms with van der Waals surface area (Å²) in [6.07, 6.45) is 0. The van der Waals surface area contributed by atoms with Gasteiger partial charge in [-0.05, 0) is 20.0 Å². The largest absolute Gasteiger partial charge is 0.492 e. The van der Waals surface area contributed by atoms with Gasteiger partial charge in [0.25, 0.3) is 0 Å². The van der Waals surface area contributed by atoms with E-state index in [1.807, 2.05) is 0 Å². The van der Waals surface area contributed by atoms with Gasteiger partial charge >= 0.3 is 5.97 Å². The monoisotopic (exact) mass is 199 g/mol. The zero-order valence-electron chi connectivity index (χ0n) is 8.02. The fourth-order valence-corrected chi connectivity index (χ4v) is 0.814. The molecule has 1 aromatic heterocycles. The second-order valence-electron chi connectivity index (χ2n) is 2.83. The normalized spacial score (nSPS) is 12.4. The number of nitrogens with zero attached hydrogens (tertiary/aromatic N) is 1. The number of carbonyl (C=O) groups is 1. The molecule has 0 saturated heterocycles. The van der Waals surface area contributed by atoms with Crippen molar-refractivity contribution in [2.45, 2.75) is 13.0 Å².